The first kappa shape index (κ1) is 28.0. The number of halogens is 5. The number of anilines is 2. The fourth-order valence-corrected chi connectivity index (χ4v) is 4.49. The van der Waals surface area contributed by atoms with Crippen LogP contribution in [0.5, 0.6) is 5.75 Å². The Bertz CT molecular complexity index is 1410. The Morgan fingerprint density at radius 1 is 1.23 bits per heavy atom. The number of rotatable bonds is 7. The molecule has 39 heavy (non-hydrogen) atoms. The zero-order chi connectivity index (χ0) is 28.2. The summed E-state index contributed by atoms with van der Waals surface area (Å²) in [7, 11) is 2.73. The molecule has 3 aromatic rings. The molecule has 1 amide bonds. The lowest BCUT2D eigenvalue weighted by Crippen LogP contribution is -2.45. The van der Waals surface area contributed by atoms with Gasteiger partial charge in [0.1, 0.15) is 24.3 Å². The maximum atomic E-state index is 14.4. The fourth-order valence-electron chi connectivity index (χ4n) is 4.49. The summed E-state index contributed by atoms with van der Waals surface area (Å²) in [4.78, 5) is 11.8. The number of alkyl halides is 4. The Morgan fingerprint density at radius 3 is 2.72 bits per heavy atom. The third-order valence-electron chi connectivity index (χ3n) is 6.38. The largest absolute Gasteiger partial charge is 0.495 e. The number of carbonyl (C=O) groups is 1. The van der Waals surface area contributed by atoms with Gasteiger partial charge < -0.3 is 30.6 Å². The highest BCUT2D eigenvalue weighted by molar-refractivity contribution is 5.95. The van der Waals surface area contributed by atoms with Gasteiger partial charge >= 0.3 is 6.18 Å². The molecule has 12 heteroatoms. The van der Waals surface area contributed by atoms with Gasteiger partial charge in [-0.05, 0) is 43.2 Å². The Labute approximate surface area is 222 Å². The lowest BCUT2D eigenvalue weighted by Gasteiger charge is -2.28. The first-order valence-corrected chi connectivity index (χ1v) is 12.2. The van der Waals surface area contributed by atoms with Gasteiger partial charge in [-0.1, -0.05) is 12.0 Å². The van der Waals surface area contributed by atoms with Gasteiger partial charge in [0.05, 0.1) is 42.2 Å². The number of aromatic nitrogens is 1. The molecular formula is C27H28F5N5O2. The number of benzene rings is 2. The molecular weight excluding hydrogens is 521 g/mol. The molecule has 2 aromatic carbocycles. The minimum Gasteiger partial charge on any atom is -0.495 e. The van der Waals surface area contributed by atoms with Crippen molar-refractivity contribution in [3.05, 3.63) is 53.5 Å². The molecule has 2 heterocycles. The minimum absolute atomic E-state index is 0.0492. The van der Waals surface area contributed by atoms with Crippen molar-refractivity contribution in [2.45, 2.75) is 31.4 Å². The molecule has 4 N–H and O–H groups in total. The fraction of sp³-hybridized carbons (Fsp3) is 0.370. The molecule has 1 fully saturated rings. The molecule has 0 unspecified atom stereocenters. The predicted octanol–water partition coefficient (Wildman–Crippen LogP) is 4.29. The average Bonchev–Trinajstić information content (AvgIpc) is 3.24. The maximum absolute atomic E-state index is 14.4. The summed E-state index contributed by atoms with van der Waals surface area (Å²) in [6, 6.07) is 8.29. The number of hydrogen-bond acceptors (Lipinski definition) is 5. The molecule has 208 valence electrons. The van der Waals surface area contributed by atoms with Crippen LogP contribution < -0.4 is 26.0 Å². The van der Waals surface area contributed by atoms with Gasteiger partial charge in [-0.15, -0.1) is 0 Å². The van der Waals surface area contributed by atoms with Gasteiger partial charge in [0.25, 0.3) is 5.91 Å². The van der Waals surface area contributed by atoms with Crippen LogP contribution in [0.4, 0.5) is 33.3 Å². The van der Waals surface area contributed by atoms with E-state index in [1.54, 1.807) is 24.3 Å². The standard InChI is InChI=1S/C27H28F5N5O2/c1-33-26(38)17-12-25(39-2)23(13-19(17)28)35-9-4-5-16-11-18-21(36-22-8-10-34-14-20(22)29)6-3-7-24(18)37(16)15-27(30,31)32/h3,6-7,11-13,20,22,34-36H,8-10,14-15H2,1-2H3,(H,33,38)/t20-,22+/m1/s1. The van der Waals surface area contributed by atoms with Gasteiger partial charge in [-0.3, -0.25) is 4.79 Å². The minimum atomic E-state index is -4.50. The topological polar surface area (TPSA) is 79.3 Å². The van der Waals surface area contributed by atoms with E-state index in [0.717, 1.165) is 10.6 Å². The second-order valence-corrected chi connectivity index (χ2v) is 9.00. The Hall–Kier alpha value is -3.98. The number of hydrogen-bond donors (Lipinski definition) is 4. The van der Waals surface area contributed by atoms with Crippen molar-refractivity contribution in [2.24, 2.45) is 0 Å². The monoisotopic (exact) mass is 549 g/mol. The molecule has 1 aromatic heterocycles. The van der Waals surface area contributed by atoms with Crippen LogP contribution in [0.2, 0.25) is 0 Å². The van der Waals surface area contributed by atoms with Crippen molar-refractivity contribution in [1.29, 1.82) is 0 Å². The van der Waals surface area contributed by atoms with E-state index in [4.69, 9.17) is 4.74 Å². The van der Waals surface area contributed by atoms with E-state index in [2.05, 4.69) is 33.1 Å². The van der Waals surface area contributed by atoms with E-state index in [-0.39, 0.29) is 35.8 Å². The van der Waals surface area contributed by atoms with Crippen LogP contribution in [0.3, 0.4) is 0 Å². The molecule has 0 spiro atoms. The van der Waals surface area contributed by atoms with Crippen LogP contribution in [0.1, 0.15) is 22.5 Å². The third-order valence-corrected chi connectivity index (χ3v) is 6.38. The summed E-state index contributed by atoms with van der Waals surface area (Å²) in [5, 5.41) is 11.8. The van der Waals surface area contributed by atoms with E-state index in [0.29, 0.717) is 29.6 Å². The van der Waals surface area contributed by atoms with Crippen LogP contribution in [-0.4, -0.2) is 62.7 Å². The predicted molar refractivity (Wildman–Crippen MR) is 139 cm³/mol. The highest BCUT2D eigenvalue weighted by Gasteiger charge is 2.30. The Kier molecular flexibility index (Phi) is 8.50. The van der Waals surface area contributed by atoms with E-state index in [9.17, 15) is 26.7 Å². The summed E-state index contributed by atoms with van der Waals surface area (Å²) in [6.07, 6.45) is -5.10. The number of nitrogens with one attached hydrogen (secondary N) is 4. The van der Waals surface area contributed by atoms with E-state index < -0.39 is 36.7 Å². The number of nitrogens with zero attached hydrogens (tertiary/aromatic N) is 1. The number of amides is 1. The van der Waals surface area contributed by atoms with Crippen molar-refractivity contribution in [3.8, 4) is 17.6 Å². The van der Waals surface area contributed by atoms with Gasteiger partial charge in [0, 0.05) is 30.7 Å². The smallest absolute Gasteiger partial charge is 0.406 e. The summed E-state index contributed by atoms with van der Waals surface area (Å²) < 4.78 is 75.5. The maximum Gasteiger partial charge on any atom is 0.406 e. The lowest BCUT2D eigenvalue weighted by atomic mass is 10.0. The van der Waals surface area contributed by atoms with Gasteiger partial charge in [-0.2, -0.15) is 13.2 Å². The second kappa shape index (κ2) is 11.8. The van der Waals surface area contributed by atoms with Crippen molar-refractivity contribution < 1.29 is 31.5 Å². The zero-order valence-corrected chi connectivity index (χ0v) is 21.3. The summed E-state index contributed by atoms with van der Waals surface area (Å²) in [5.41, 5.74) is 0.985. The Balaban J connectivity index is 1.61. The first-order chi connectivity index (χ1) is 18.6. The van der Waals surface area contributed by atoms with Gasteiger partial charge in [-0.25, -0.2) is 8.78 Å². The van der Waals surface area contributed by atoms with Crippen molar-refractivity contribution in [1.82, 2.24) is 15.2 Å². The average molecular weight is 550 g/mol. The molecule has 2 atom stereocenters. The molecule has 0 bridgehead atoms. The van der Waals surface area contributed by atoms with Crippen molar-refractivity contribution in [3.63, 3.8) is 0 Å². The van der Waals surface area contributed by atoms with Crippen molar-refractivity contribution in [2.75, 3.05) is 44.4 Å². The van der Waals surface area contributed by atoms with Crippen LogP contribution in [0.25, 0.3) is 10.9 Å². The number of fused-ring (bicyclic) bond motifs is 1. The molecule has 4 rings (SSSR count). The Morgan fingerprint density at radius 2 is 2.03 bits per heavy atom. The number of methoxy groups -OCH3 is 1. The number of carbonyl (C=O) groups excluding carboxylic acids is 1. The van der Waals surface area contributed by atoms with Gasteiger partial charge in [0.15, 0.2) is 0 Å². The van der Waals surface area contributed by atoms with E-state index in [1.165, 1.54) is 20.2 Å². The normalized spacial score (nSPS) is 17.3. The molecule has 0 saturated carbocycles. The molecule has 0 aliphatic carbocycles. The second-order valence-electron chi connectivity index (χ2n) is 9.00. The molecule has 1 aliphatic rings. The molecule has 1 aliphatic heterocycles. The molecule has 1 saturated heterocycles. The number of piperidine rings is 1. The SMILES string of the molecule is CNC(=O)c1cc(OC)c(NCC#Cc2cc3c(N[C@H]4CCNC[C@H]4F)cccc3n2CC(F)(F)F)cc1F. The quantitative estimate of drug-likeness (QED) is 0.261. The van der Waals surface area contributed by atoms with Crippen LogP contribution in [0, 0.1) is 17.7 Å². The number of ether oxygens (including phenoxy) is 1. The summed E-state index contributed by atoms with van der Waals surface area (Å²) >= 11 is 0. The van der Waals surface area contributed by atoms with Gasteiger partial charge in [0.2, 0.25) is 0 Å². The molecule has 0 radical (unpaired) electrons. The van der Waals surface area contributed by atoms with Crippen molar-refractivity contribution >= 4 is 28.2 Å². The molecule has 7 nitrogen and oxygen atoms in total. The van der Waals surface area contributed by atoms with Crippen LogP contribution in [-0.2, 0) is 6.54 Å². The summed E-state index contributed by atoms with van der Waals surface area (Å²) in [5.74, 6) is 4.33. The summed E-state index contributed by atoms with van der Waals surface area (Å²) in [6.45, 7) is -0.464. The highest BCUT2D eigenvalue weighted by Crippen LogP contribution is 2.31. The first-order valence-electron chi connectivity index (χ1n) is 12.2. The van der Waals surface area contributed by atoms with Crippen LogP contribution >= 0.6 is 0 Å². The van der Waals surface area contributed by atoms with E-state index >= 15 is 0 Å². The third kappa shape index (κ3) is 6.54. The van der Waals surface area contributed by atoms with E-state index in [1.807, 2.05) is 0 Å². The lowest BCUT2D eigenvalue weighted by molar-refractivity contribution is -0.140. The highest BCUT2D eigenvalue weighted by atomic mass is 19.4. The zero-order valence-electron chi connectivity index (χ0n) is 21.3. The van der Waals surface area contributed by atoms with Crippen LogP contribution in [0.15, 0.2) is 36.4 Å².